The Labute approximate surface area is 158 Å². The standard InChI is InChI=1S/C18H15ClF3N5/c1-11-3-2-4-12(7-11)9-23-16-10-24-27-17(26-16)25-15-8-13(18(20,21)22)5-6-14(15)19/h2-8,10H,9H2,1H3,(H2,23,25,26,27). The van der Waals surface area contributed by atoms with Gasteiger partial charge in [0, 0.05) is 6.54 Å². The lowest BCUT2D eigenvalue weighted by atomic mass is 10.1. The highest BCUT2D eigenvalue weighted by Crippen LogP contribution is 2.34. The summed E-state index contributed by atoms with van der Waals surface area (Å²) in [7, 11) is 0. The van der Waals surface area contributed by atoms with Gasteiger partial charge in [-0.25, -0.2) is 0 Å². The van der Waals surface area contributed by atoms with E-state index in [1.165, 1.54) is 12.3 Å². The highest BCUT2D eigenvalue weighted by Gasteiger charge is 2.31. The van der Waals surface area contributed by atoms with Crippen LogP contribution in [0.4, 0.5) is 30.6 Å². The van der Waals surface area contributed by atoms with Crippen LogP contribution in [-0.2, 0) is 12.7 Å². The van der Waals surface area contributed by atoms with E-state index in [0.29, 0.717) is 12.4 Å². The fraction of sp³-hybridized carbons (Fsp3) is 0.167. The van der Waals surface area contributed by atoms with Gasteiger partial charge in [0.1, 0.15) is 0 Å². The van der Waals surface area contributed by atoms with Crippen molar-refractivity contribution in [1.82, 2.24) is 15.2 Å². The number of anilines is 3. The molecule has 1 aromatic heterocycles. The van der Waals surface area contributed by atoms with Crippen LogP contribution >= 0.6 is 11.6 Å². The van der Waals surface area contributed by atoms with E-state index in [2.05, 4.69) is 25.8 Å². The Hall–Kier alpha value is -2.87. The Morgan fingerprint density at radius 2 is 1.93 bits per heavy atom. The van der Waals surface area contributed by atoms with Crippen LogP contribution in [0.25, 0.3) is 0 Å². The molecule has 3 aromatic rings. The smallest absolute Gasteiger partial charge is 0.365 e. The molecule has 0 aliphatic rings. The molecule has 2 aromatic carbocycles. The molecule has 0 aliphatic heterocycles. The van der Waals surface area contributed by atoms with Gasteiger partial charge in [0.05, 0.1) is 22.5 Å². The average molecular weight is 394 g/mol. The Morgan fingerprint density at radius 3 is 2.67 bits per heavy atom. The van der Waals surface area contributed by atoms with Gasteiger partial charge < -0.3 is 10.6 Å². The Bertz CT molecular complexity index is 946. The zero-order valence-electron chi connectivity index (χ0n) is 14.2. The molecule has 5 nitrogen and oxygen atoms in total. The average Bonchev–Trinajstić information content (AvgIpc) is 2.61. The van der Waals surface area contributed by atoms with E-state index >= 15 is 0 Å². The van der Waals surface area contributed by atoms with E-state index in [1.54, 1.807) is 0 Å². The number of nitrogens with zero attached hydrogens (tertiary/aromatic N) is 3. The number of rotatable bonds is 5. The molecule has 0 amide bonds. The summed E-state index contributed by atoms with van der Waals surface area (Å²) in [6, 6.07) is 10.9. The van der Waals surface area contributed by atoms with Gasteiger partial charge in [0.2, 0.25) is 5.95 Å². The van der Waals surface area contributed by atoms with Crippen LogP contribution < -0.4 is 10.6 Å². The van der Waals surface area contributed by atoms with Gasteiger partial charge in [-0.1, -0.05) is 41.4 Å². The van der Waals surface area contributed by atoms with Crippen molar-refractivity contribution in [3.63, 3.8) is 0 Å². The van der Waals surface area contributed by atoms with Crippen LogP contribution in [0.2, 0.25) is 5.02 Å². The minimum absolute atomic E-state index is 0.0328. The van der Waals surface area contributed by atoms with E-state index in [4.69, 9.17) is 11.6 Å². The molecular weight excluding hydrogens is 379 g/mol. The van der Waals surface area contributed by atoms with Crippen molar-refractivity contribution in [1.29, 1.82) is 0 Å². The first-order chi connectivity index (χ1) is 12.8. The number of alkyl halides is 3. The molecule has 0 spiro atoms. The molecule has 0 fully saturated rings. The predicted octanol–water partition coefficient (Wildman–Crippen LogP) is 5.21. The van der Waals surface area contributed by atoms with E-state index in [-0.39, 0.29) is 16.7 Å². The van der Waals surface area contributed by atoms with Crippen LogP contribution in [0.1, 0.15) is 16.7 Å². The molecule has 140 valence electrons. The maximum Gasteiger partial charge on any atom is 0.416 e. The summed E-state index contributed by atoms with van der Waals surface area (Å²) in [6.07, 6.45) is -3.05. The second-order valence-electron chi connectivity index (χ2n) is 5.83. The Balaban J connectivity index is 1.74. The van der Waals surface area contributed by atoms with Gasteiger partial charge in [-0.2, -0.15) is 23.3 Å². The molecule has 1 heterocycles. The maximum absolute atomic E-state index is 12.9. The minimum Gasteiger partial charge on any atom is -0.365 e. The number of benzene rings is 2. The van der Waals surface area contributed by atoms with Gasteiger partial charge >= 0.3 is 6.18 Å². The molecule has 0 bridgehead atoms. The summed E-state index contributed by atoms with van der Waals surface area (Å²) in [5.41, 5.74) is 1.42. The van der Waals surface area contributed by atoms with Gasteiger partial charge in [0.25, 0.3) is 0 Å². The highest BCUT2D eigenvalue weighted by molar-refractivity contribution is 6.33. The SMILES string of the molecule is Cc1cccc(CNc2cnnc(Nc3cc(C(F)(F)F)ccc3Cl)n2)c1. The van der Waals surface area contributed by atoms with Gasteiger partial charge in [-0.05, 0) is 30.7 Å². The number of aryl methyl sites for hydroxylation is 1. The van der Waals surface area contributed by atoms with Crippen molar-refractivity contribution in [2.75, 3.05) is 10.6 Å². The van der Waals surface area contributed by atoms with Crippen LogP contribution in [-0.4, -0.2) is 15.2 Å². The van der Waals surface area contributed by atoms with Crippen molar-refractivity contribution in [2.24, 2.45) is 0 Å². The second kappa shape index (κ2) is 7.79. The van der Waals surface area contributed by atoms with E-state index in [1.807, 2.05) is 31.2 Å². The van der Waals surface area contributed by atoms with Crippen molar-refractivity contribution < 1.29 is 13.2 Å². The molecule has 2 N–H and O–H groups in total. The number of hydrogen-bond donors (Lipinski definition) is 2. The zero-order chi connectivity index (χ0) is 19.4. The second-order valence-corrected chi connectivity index (χ2v) is 6.23. The summed E-state index contributed by atoms with van der Waals surface area (Å²) in [5, 5.41) is 13.5. The van der Waals surface area contributed by atoms with Crippen LogP contribution in [0, 0.1) is 6.92 Å². The van der Waals surface area contributed by atoms with Crippen molar-refractivity contribution in [3.05, 3.63) is 70.4 Å². The lowest BCUT2D eigenvalue weighted by Crippen LogP contribution is -2.08. The van der Waals surface area contributed by atoms with Crippen molar-refractivity contribution >= 4 is 29.1 Å². The predicted molar refractivity (Wildman–Crippen MR) is 98.1 cm³/mol. The quantitative estimate of drug-likeness (QED) is 0.623. The molecule has 0 saturated carbocycles. The van der Waals surface area contributed by atoms with E-state index in [9.17, 15) is 13.2 Å². The summed E-state index contributed by atoms with van der Waals surface area (Å²) in [4.78, 5) is 4.20. The minimum atomic E-state index is -4.47. The van der Waals surface area contributed by atoms with Gasteiger partial charge in [-0.3, -0.25) is 0 Å². The third-order valence-corrected chi connectivity index (χ3v) is 3.98. The molecule has 0 saturated heterocycles. The summed E-state index contributed by atoms with van der Waals surface area (Å²) in [5.74, 6) is 0.461. The monoisotopic (exact) mass is 393 g/mol. The molecule has 0 unspecified atom stereocenters. The molecule has 9 heteroatoms. The number of nitrogens with one attached hydrogen (secondary N) is 2. The third-order valence-electron chi connectivity index (χ3n) is 3.66. The van der Waals surface area contributed by atoms with Crippen molar-refractivity contribution in [2.45, 2.75) is 19.6 Å². The van der Waals surface area contributed by atoms with Crippen LogP contribution in [0.15, 0.2) is 48.7 Å². The lowest BCUT2D eigenvalue weighted by molar-refractivity contribution is -0.137. The number of hydrogen-bond acceptors (Lipinski definition) is 5. The first kappa shape index (κ1) is 18.9. The van der Waals surface area contributed by atoms with Gasteiger partial charge in [-0.15, -0.1) is 5.10 Å². The molecule has 3 rings (SSSR count). The lowest BCUT2D eigenvalue weighted by Gasteiger charge is -2.12. The maximum atomic E-state index is 12.9. The summed E-state index contributed by atoms with van der Waals surface area (Å²) in [6.45, 7) is 2.51. The summed E-state index contributed by atoms with van der Waals surface area (Å²) >= 11 is 5.97. The Kier molecular flexibility index (Phi) is 5.46. The fourth-order valence-electron chi connectivity index (χ4n) is 2.37. The van der Waals surface area contributed by atoms with E-state index in [0.717, 1.165) is 23.3 Å². The Morgan fingerprint density at radius 1 is 1.11 bits per heavy atom. The van der Waals surface area contributed by atoms with Crippen LogP contribution in [0.5, 0.6) is 0 Å². The van der Waals surface area contributed by atoms with Crippen LogP contribution in [0.3, 0.4) is 0 Å². The molecule has 0 aliphatic carbocycles. The third kappa shape index (κ3) is 5.07. The zero-order valence-corrected chi connectivity index (χ0v) is 14.9. The first-order valence-electron chi connectivity index (χ1n) is 7.94. The fourth-order valence-corrected chi connectivity index (χ4v) is 2.54. The number of aromatic nitrogens is 3. The number of halogens is 4. The van der Waals surface area contributed by atoms with Gasteiger partial charge in [0.15, 0.2) is 5.82 Å². The molecular formula is C18H15ClF3N5. The van der Waals surface area contributed by atoms with Crippen molar-refractivity contribution in [3.8, 4) is 0 Å². The first-order valence-corrected chi connectivity index (χ1v) is 8.32. The largest absolute Gasteiger partial charge is 0.416 e. The molecule has 0 radical (unpaired) electrons. The molecule has 0 atom stereocenters. The topological polar surface area (TPSA) is 62.7 Å². The normalized spacial score (nSPS) is 11.3. The highest BCUT2D eigenvalue weighted by atomic mass is 35.5. The van der Waals surface area contributed by atoms with E-state index < -0.39 is 11.7 Å². The summed E-state index contributed by atoms with van der Waals surface area (Å²) < 4.78 is 38.6. The molecule has 27 heavy (non-hydrogen) atoms.